The summed E-state index contributed by atoms with van der Waals surface area (Å²) in [5.74, 6) is -0.182. The van der Waals surface area contributed by atoms with Gasteiger partial charge < -0.3 is 9.63 Å². The third kappa shape index (κ3) is 3.51. The predicted octanol–water partition coefficient (Wildman–Crippen LogP) is 2.36. The van der Waals surface area contributed by atoms with Gasteiger partial charge in [-0.05, 0) is 22.0 Å². The van der Waals surface area contributed by atoms with Crippen LogP contribution < -0.4 is 0 Å². The minimum absolute atomic E-state index is 0.109. The molecule has 0 saturated heterocycles. The molecule has 0 aliphatic heterocycles. The second-order valence-electron chi connectivity index (χ2n) is 3.67. The average Bonchev–Trinajstić information content (AvgIpc) is 2.76. The molecule has 0 spiro atoms. The molecule has 0 radical (unpaired) electrons. The molecule has 5 nitrogen and oxygen atoms in total. The maximum absolute atomic E-state index is 12.2. The maximum Gasteiger partial charge on any atom is 0.414 e. The van der Waals surface area contributed by atoms with Crippen LogP contribution in [0.25, 0.3) is 11.4 Å². The Morgan fingerprint density at radius 3 is 2.74 bits per heavy atom. The molecule has 9 heteroatoms. The van der Waals surface area contributed by atoms with Crippen molar-refractivity contribution in [2.75, 3.05) is 0 Å². The van der Waals surface area contributed by atoms with E-state index in [0.29, 0.717) is 10.0 Å². The lowest BCUT2D eigenvalue weighted by Crippen LogP contribution is -2.30. The van der Waals surface area contributed by atoms with Crippen LogP contribution in [0.1, 0.15) is 5.89 Å². The summed E-state index contributed by atoms with van der Waals surface area (Å²) in [6, 6.07) is 1.64. The molecular formula is C10H7BrF3N3O2. The summed E-state index contributed by atoms with van der Waals surface area (Å²) >= 11 is 3.20. The number of aliphatic hydroxyl groups excluding tert-OH is 1. The van der Waals surface area contributed by atoms with Gasteiger partial charge in [-0.1, -0.05) is 5.16 Å². The van der Waals surface area contributed by atoms with E-state index in [9.17, 15) is 13.2 Å². The Labute approximate surface area is 113 Å². The number of halogens is 4. The highest BCUT2D eigenvalue weighted by atomic mass is 79.9. The number of hydrogen-bond donors (Lipinski definition) is 1. The van der Waals surface area contributed by atoms with Gasteiger partial charge >= 0.3 is 6.18 Å². The Kier molecular flexibility index (Phi) is 3.85. The van der Waals surface area contributed by atoms with Crippen molar-refractivity contribution in [2.45, 2.75) is 18.7 Å². The summed E-state index contributed by atoms with van der Waals surface area (Å²) in [4.78, 5) is 7.65. The number of rotatable bonds is 3. The first kappa shape index (κ1) is 13.9. The largest absolute Gasteiger partial charge is 0.414 e. The molecule has 0 aliphatic carbocycles. The van der Waals surface area contributed by atoms with Gasteiger partial charge in [0.05, 0.1) is 6.42 Å². The molecule has 0 aliphatic rings. The van der Waals surface area contributed by atoms with Crippen LogP contribution in [0.2, 0.25) is 0 Å². The van der Waals surface area contributed by atoms with E-state index in [1.807, 2.05) is 0 Å². The normalized spacial score (nSPS) is 13.5. The van der Waals surface area contributed by atoms with Crippen molar-refractivity contribution in [1.82, 2.24) is 15.1 Å². The fourth-order valence-electron chi connectivity index (χ4n) is 1.27. The molecule has 2 aromatic rings. The summed E-state index contributed by atoms with van der Waals surface area (Å²) < 4.78 is 41.8. The first-order valence-electron chi connectivity index (χ1n) is 5.04. The van der Waals surface area contributed by atoms with Crippen molar-refractivity contribution in [1.29, 1.82) is 0 Å². The molecule has 1 atom stereocenters. The molecule has 0 bridgehead atoms. The van der Waals surface area contributed by atoms with E-state index in [1.165, 1.54) is 12.4 Å². The lowest BCUT2D eigenvalue weighted by molar-refractivity contribution is -0.204. The van der Waals surface area contributed by atoms with Crippen molar-refractivity contribution >= 4 is 15.9 Å². The molecule has 0 saturated carbocycles. The third-order valence-electron chi connectivity index (χ3n) is 2.18. The molecular weight excluding hydrogens is 331 g/mol. The highest BCUT2D eigenvalue weighted by Gasteiger charge is 2.39. The summed E-state index contributed by atoms with van der Waals surface area (Å²) in [5.41, 5.74) is 0.492. The van der Waals surface area contributed by atoms with Crippen LogP contribution in [0.4, 0.5) is 13.2 Å². The standard InChI is InChI=1S/C10H7BrF3N3O2/c11-6-1-5(3-15-4-6)9-16-8(19-17-9)2-7(18)10(12,13)14/h1,3-4,7,18H,2H2. The zero-order chi connectivity index (χ0) is 14.0. The van der Waals surface area contributed by atoms with Crippen LogP contribution in [-0.4, -0.2) is 32.5 Å². The van der Waals surface area contributed by atoms with E-state index in [2.05, 4.69) is 35.6 Å². The number of nitrogens with zero attached hydrogens (tertiary/aromatic N) is 3. The van der Waals surface area contributed by atoms with Gasteiger partial charge in [0.2, 0.25) is 11.7 Å². The third-order valence-corrected chi connectivity index (χ3v) is 2.61. The lowest BCUT2D eigenvalue weighted by atomic mass is 10.2. The lowest BCUT2D eigenvalue weighted by Gasteiger charge is -2.11. The van der Waals surface area contributed by atoms with Gasteiger partial charge in [-0.15, -0.1) is 0 Å². The fourth-order valence-corrected chi connectivity index (χ4v) is 1.64. The topological polar surface area (TPSA) is 72.0 Å². The summed E-state index contributed by atoms with van der Waals surface area (Å²) in [6.07, 6.45) is -5.04. The predicted molar refractivity (Wildman–Crippen MR) is 61.0 cm³/mol. The first-order valence-corrected chi connectivity index (χ1v) is 5.84. The van der Waals surface area contributed by atoms with E-state index in [1.54, 1.807) is 6.07 Å². The van der Waals surface area contributed by atoms with E-state index in [0.717, 1.165) is 0 Å². The van der Waals surface area contributed by atoms with Crippen LogP contribution in [0, 0.1) is 0 Å². The second kappa shape index (κ2) is 5.25. The van der Waals surface area contributed by atoms with Crippen LogP contribution >= 0.6 is 15.9 Å². The summed E-state index contributed by atoms with van der Waals surface area (Å²) in [6.45, 7) is 0. The zero-order valence-corrected chi connectivity index (χ0v) is 10.8. The minimum atomic E-state index is -4.72. The molecule has 0 aromatic carbocycles. The second-order valence-corrected chi connectivity index (χ2v) is 4.58. The van der Waals surface area contributed by atoms with Crippen LogP contribution in [0.5, 0.6) is 0 Å². The molecule has 19 heavy (non-hydrogen) atoms. The number of aliphatic hydroxyl groups is 1. The Hall–Kier alpha value is -1.48. The minimum Gasteiger partial charge on any atom is -0.383 e. The van der Waals surface area contributed by atoms with E-state index >= 15 is 0 Å². The molecule has 2 rings (SSSR count). The number of alkyl halides is 3. The van der Waals surface area contributed by atoms with Gasteiger partial charge in [0.1, 0.15) is 0 Å². The summed E-state index contributed by atoms with van der Waals surface area (Å²) in [7, 11) is 0. The average molecular weight is 338 g/mol. The molecule has 1 N–H and O–H groups in total. The maximum atomic E-state index is 12.2. The molecule has 2 aromatic heterocycles. The summed E-state index contributed by atoms with van der Waals surface area (Å²) in [5, 5.41) is 12.4. The number of aromatic nitrogens is 3. The zero-order valence-electron chi connectivity index (χ0n) is 9.23. The number of hydrogen-bond acceptors (Lipinski definition) is 5. The smallest absolute Gasteiger partial charge is 0.383 e. The van der Waals surface area contributed by atoms with Crippen LogP contribution in [-0.2, 0) is 6.42 Å². The highest BCUT2D eigenvalue weighted by Crippen LogP contribution is 2.24. The van der Waals surface area contributed by atoms with Gasteiger partial charge in [0, 0.05) is 22.4 Å². The van der Waals surface area contributed by atoms with Gasteiger partial charge in [0.25, 0.3) is 0 Å². The fraction of sp³-hybridized carbons (Fsp3) is 0.300. The Morgan fingerprint density at radius 2 is 2.11 bits per heavy atom. The Morgan fingerprint density at radius 1 is 1.37 bits per heavy atom. The molecule has 102 valence electrons. The van der Waals surface area contributed by atoms with Crippen molar-refractivity contribution in [3.63, 3.8) is 0 Å². The van der Waals surface area contributed by atoms with Crippen LogP contribution in [0.3, 0.4) is 0 Å². The van der Waals surface area contributed by atoms with E-state index in [-0.39, 0.29) is 11.7 Å². The van der Waals surface area contributed by atoms with Gasteiger partial charge in [-0.2, -0.15) is 18.2 Å². The van der Waals surface area contributed by atoms with Crippen molar-refractivity contribution in [2.24, 2.45) is 0 Å². The van der Waals surface area contributed by atoms with Gasteiger partial charge in [-0.3, -0.25) is 4.98 Å². The van der Waals surface area contributed by atoms with Crippen molar-refractivity contribution in [3.05, 3.63) is 28.8 Å². The van der Waals surface area contributed by atoms with Crippen LogP contribution in [0.15, 0.2) is 27.5 Å². The SMILES string of the molecule is OC(Cc1nc(-c2cncc(Br)c2)no1)C(F)(F)F. The van der Waals surface area contributed by atoms with Gasteiger partial charge in [0.15, 0.2) is 6.10 Å². The molecule has 2 heterocycles. The quantitative estimate of drug-likeness (QED) is 0.930. The number of pyridine rings is 1. The first-order chi connectivity index (χ1) is 8.86. The molecule has 0 fully saturated rings. The Balaban J connectivity index is 2.16. The monoisotopic (exact) mass is 337 g/mol. The highest BCUT2D eigenvalue weighted by molar-refractivity contribution is 9.10. The van der Waals surface area contributed by atoms with Gasteiger partial charge in [-0.25, -0.2) is 0 Å². The Bertz CT molecular complexity index is 573. The molecule has 0 amide bonds. The molecule has 1 unspecified atom stereocenters. The van der Waals surface area contributed by atoms with E-state index in [4.69, 9.17) is 5.11 Å². The van der Waals surface area contributed by atoms with Crippen molar-refractivity contribution < 1.29 is 22.8 Å². The van der Waals surface area contributed by atoms with E-state index < -0.39 is 18.7 Å². The van der Waals surface area contributed by atoms with Crippen molar-refractivity contribution in [3.8, 4) is 11.4 Å².